The van der Waals surface area contributed by atoms with Gasteiger partial charge in [0.1, 0.15) is 6.33 Å². The van der Waals surface area contributed by atoms with Gasteiger partial charge in [0.2, 0.25) is 4.96 Å². The van der Waals surface area contributed by atoms with Crippen molar-refractivity contribution in [3.8, 4) is 0 Å². The van der Waals surface area contributed by atoms with E-state index in [0.29, 0.717) is 14.5 Å². The lowest BCUT2D eigenvalue weighted by molar-refractivity contribution is 0.932. The summed E-state index contributed by atoms with van der Waals surface area (Å²) in [6.07, 6.45) is 3.12. The third kappa shape index (κ3) is 1.73. The Labute approximate surface area is 105 Å². The number of halogens is 1. The highest BCUT2D eigenvalue weighted by Gasteiger charge is 2.05. The van der Waals surface area contributed by atoms with Crippen molar-refractivity contribution in [2.75, 3.05) is 0 Å². The van der Waals surface area contributed by atoms with Crippen LogP contribution in [0.4, 0.5) is 0 Å². The zero-order chi connectivity index (χ0) is 11.8. The zero-order valence-corrected chi connectivity index (χ0v) is 10.1. The molecule has 0 aliphatic carbocycles. The molecule has 2 heterocycles. The van der Waals surface area contributed by atoms with E-state index < -0.39 is 0 Å². The lowest BCUT2D eigenvalue weighted by Gasteiger charge is -1.94. The van der Waals surface area contributed by atoms with E-state index in [1.54, 1.807) is 12.1 Å². The summed E-state index contributed by atoms with van der Waals surface area (Å²) in [5.74, 6) is 0. The van der Waals surface area contributed by atoms with E-state index in [0.717, 1.165) is 5.56 Å². The molecular formula is C11H6ClN3OS. The van der Waals surface area contributed by atoms with Crippen molar-refractivity contribution in [2.24, 2.45) is 0 Å². The normalized spacial score (nSPS) is 12.4. The average molecular weight is 264 g/mol. The molecule has 0 atom stereocenters. The first-order chi connectivity index (χ1) is 8.25. The molecule has 0 aliphatic rings. The fourth-order valence-electron chi connectivity index (χ4n) is 1.51. The maximum Gasteiger partial charge on any atom is 0.291 e. The van der Waals surface area contributed by atoms with E-state index in [9.17, 15) is 4.79 Å². The van der Waals surface area contributed by atoms with Crippen LogP contribution < -0.4 is 10.1 Å². The molecule has 2 aromatic heterocycles. The number of hydrogen-bond donors (Lipinski definition) is 0. The lowest BCUT2D eigenvalue weighted by atomic mass is 10.2. The van der Waals surface area contributed by atoms with Crippen LogP contribution in [0.25, 0.3) is 11.0 Å². The van der Waals surface area contributed by atoms with Crippen LogP contribution in [0.15, 0.2) is 35.4 Å². The Bertz CT molecular complexity index is 793. The van der Waals surface area contributed by atoms with Crippen molar-refractivity contribution in [3.05, 3.63) is 56.1 Å². The summed E-state index contributed by atoms with van der Waals surface area (Å²) < 4.78 is 1.86. The minimum absolute atomic E-state index is 0.164. The summed E-state index contributed by atoms with van der Waals surface area (Å²) in [7, 11) is 0. The van der Waals surface area contributed by atoms with E-state index in [-0.39, 0.29) is 5.56 Å². The topological polar surface area (TPSA) is 47.3 Å². The summed E-state index contributed by atoms with van der Waals surface area (Å²) in [6.45, 7) is 0. The Morgan fingerprint density at radius 1 is 1.35 bits per heavy atom. The van der Waals surface area contributed by atoms with E-state index >= 15 is 0 Å². The molecular weight excluding hydrogens is 258 g/mol. The number of benzene rings is 1. The van der Waals surface area contributed by atoms with Gasteiger partial charge in [-0.2, -0.15) is 9.61 Å². The van der Waals surface area contributed by atoms with Crippen LogP contribution in [-0.2, 0) is 0 Å². The Hall–Kier alpha value is -1.72. The maximum absolute atomic E-state index is 11.9. The molecule has 4 nitrogen and oxygen atoms in total. The number of aromatic nitrogens is 3. The van der Waals surface area contributed by atoms with Gasteiger partial charge in [-0.25, -0.2) is 4.98 Å². The minimum atomic E-state index is -0.164. The quantitative estimate of drug-likeness (QED) is 0.666. The third-order valence-electron chi connectivity index (χ3n) is 2.31. The van der Waals surface area contributed by atoms with E-state index in [1.807, 2.05) is 18.2 Å². The molecule has 17 heavy (non-hydrogen) atoms. The van der Waals surface area contributed by atoms with Crippen LogP contribution in [0.1, 0.15) is 5.56 Å². The Balaban J connectivity index is 2.28. The van der Waals surface area contributed by atoms with Gasteiger partial charge in [-0.15, -0.1) is 0 Å². The first-order valence-corrected chi connectivity index (χ1v) is 6.04. The first kappa shape index (κ1) is 10.4. The highest BCUT2D eigenvalue weighted by atomic mass is 35.5. The second-order valence-corrected chi connectivity index (χ2v) is 4.81. The van der Waals surface area contributed by atoms with Gasteiger partial charge < -0.3 is 0 Å². The molecule has 0 fully saturated rings. The SMILES string of the molecule is O=c1c(=Cc2ccccc2Cl)sc2ncnn12. The molecule has 0 unspecified atom stereocenters. The fourth-order valence-corrected chi connectivity index (χ4v) is 2.57. The minimum Gasteiger partial charge on any atom is -0.266 e. The van der Waals surface area contributed by atoms with Gasteiger partial charge >= 0.3 is 0 Å². The molecule has 0 aliphatic heterocycles. The molecule has 84 valence electrons. The fraction of sp³-hybridized carbons (Fsp3) is 0. The van der Waals surface area contributed by atoms with Crippen LogP contribution in [0.2, 0.25) is 5.02 Å². The van der Waals surface area contributed by atoms with Crippen LogP contribution in [0.3, 0.4) is 0 Å². The number of fused-ring (bicyclic) bond motifs is 1. The standard InChI is InChI=1S/C11H6ClN3OS/c12-8-4-2-1-3-7(8)5-9-10(16)15-11(17-9)13-6-14-15/h1-6H. The maximum atomic E-state index is 11.9. The van der Waals surface area contributed by atoms with Crippen molar-refractivity contribution < 1.29 is 0 Å². The average Bonchev–Trinajstić information content (AvgIpc) is 2.87. The summed E-state index contributed by atoms with van der Waals surface area (Å²) in [6, 6.07) is 7.37. The van der Waals surface area contributed by atoms with E-state index in [4.69, 9.17) is 11.6 Å². The highest BCUT2D eigenvalue weighted by Crippen LogP contribution is 2.15. The second kappa shape index (κ2) is 3.94. The first-order valence-electron chi connectivity index (χ1n) is 4.84. The summed E-state index contributed by atoms with van der Waals surface area (Å²) in [4.78, 5) is 16.5. The molecule has 0 saturated heterocycles. The summed E-state index contributed by atoms with van der Waals surface area (Å²) in [5, 5.41) is 4.47. The van der Waals surface area contributed by atoms with Crippen molar-refractivity contribution >= 4 is 34.0 Å². The Morgan fingerprint density at radius 3 is 2.94 bits per heavy atom. The molecule has 0 bridgehead atoms. The molecule has 3 aromatic rings. The van der Waals surface area contributed by atoms with Gasteiger partial charge in [0.15, 0.2) is 0 Å². The van der Waals surface area contributed by atoms with Crippen LogP contribution >= 0.6 is 22.9 Å². The van der Waals surface area contributed by atoms with Crippen molar-refractivity contribution in [3.63, 3.8) is 0 Å². The number of thiazole rings is 1. The summed E-state index contributed by atoms with van der Waals surface area (Å²) >= 11 is 7.33. The predicted molar refractivity (Wildman–Crippen MR) is 67.4 cm³/mol. The molecule has 1 aromatic carbocycles. The smallest absolute Gasteiger partial charge is 0.266 e. The molecule has 0 saturated carbocycles. The van der Waals surface area contributed by atoms with Gasteiger partial charge in [-0.1, -0.05) is 41.1 Å². The predicted octanol–water partition coefficient (Wildman–Crippen LogP) is 1.35. The number of rotatable bonds is 1. The van der Waals surface area contributed by atoms with Crippen molar-refractivity contribution in [1.82, 2.24) is 14.6 Å². The van der Waals surface area contributed by atoms with Crippen LogP contribution in [0, 0.1) is 0 Å². The largest absolute Gasteiger partial charge is 0.291 e. The van der Waals surface area contributed by atoms with E-state index in [2.05, 4.69) is 10.1 Å². The molecule has 6 heteroatoms. The van der Waals surface area contributed by atoms with Gasteiger partial charge in [0, 0.05) is 5.02 Å². The molecule has 0 N–H and O–H groups in total. The zero-order valence-electron chi connectivity index (χ0n) is 8.50. The van der Waals surface area contributed by atoms with E-state index in [1.165, 1.54) is 22.2 Å². The van der Waals surface area contributed by atoms with Gasteiger partial charge in [-0.3, -0.25) is 4.79 Å². The molecule has 0 spiro atoms. The number of nitrogens with zero attached hydrogens (tertiary/aromatic N) is 3. The molecule has 3 rings (SSSR count). The van der Waals surface area contributed by atoms with Crippen LogP contribution in [-0.4, -0.2) is 14.6 Å². The highest BCUT2D eigenvalue weighted by molar-refractivity contribution is 7.15. The Morgan fingerprint density at radius 2 is 2.18 bits per heavy atom. The summed E-state index contributed by atoms with van der Waals surface area (Å²) in [5.41, 5.74) is 0.651. The number of hydrogen-bond acceptors (Lipinski definition) is 4. The van der Waals surface area contributed by atoms with Gasteiger partial charge in [-0.05, 0) is 17.7 Å². The van der Waals surface area contributed by atoms with Gasteiger partial charge in [0.05, 0.1) is 4.53 Å². The molecule has 0 amide bonds. The lowest BCUT2D eigenvalue weighted by Crippen LogP contribution is -2.23. The second-order valence-electron chi connectivity index (χ2n) is 3.39. The Kier molecular flexibility index (Phi) is 2.42. The van der Waals surface area contributed by atoms with Crippen LogP contribution in [0.5, 0.6) is 0 Å². The monoisotopic (exact) mass is 263 g/mol. The van der Waals surface area contributed by atoms with Crippen molar-refractivity contribution in [2.45, 2.75) is 0 Å². The third-order valence-corrected chi connectivity index (χ3v) is 3.63. The molecule has 0 radical (unpaired) electrons. The van der Waals surface area contributed by atoms with Gasteiger partial charge in [0.25, 0.3) is 5.56 Å². The van der Waals surface area contributed by atoms with Crippen molar-refractivity contribution in [1.29, 1.82) is 0 Å².